The van der Waals surface area contributed by atoms with Crippen LogP contribution in [0.2, 0.25) is 0 Å². The third-order valence-electron chi connectivity index (χ3n) is 6.71. The van der Waals surface area contributed by atoms with Crippen LogP contribution in [-0.2, 0) is 43.4 Å². The van der Waals surface area contributed by atoms with Crippen molar-refractivity contribution >= 4 is 11.9 Å². The third-order valence-corrected chi connectivity index (χ3v) is 6.71. The summed E-state index contributed by atoms with van der Waals surface area (Å²) in [5.74, 6) is -0.556. The fraction of sp³-hybridized carbons (Fsp3) is 0.517. The van der Waals surface area contributed by atoms with Crippen LogP contribution in [0, 0.1) is 5.92 Å². The Morgan fingerprint density at radius 2 is 1.81 bits per heavy atom. The maximum atomic E-state index is 13.7. The highest BCUT2D eigenvalue weighted by molar-refractivity contribution is 5.87. The van der Waals surface area contributed by atoms with Gasteiger partial charge < -0.3 is 24.8 Å². The van der Waals surface area contributed by atoms with Crippen LogP contribution in [0.15, 0.2) is 54.6 Å². The molecule has 2 aromatic carbocycles. The van der Waals surface area contributed by atoms with E-state index in [4.69, 9.17) is 14.2 Å². The topological polar surface area (TPSA) is 85.9 Å². The Bertz CT molecular complexity index is 990. The minimum Gasteiger partial charge on any atom is -0.459 e. The van der Waals surface area contributed by atoms with Crippen LogP contribution in [0.25, 0.3) is 0 Å². The van der Waals surface area contributed by atoms with Gasteiger partial charge in [0.2, 0.25) is 0 Å². The van der Waals surface area contributed by atoms with Gasteiger partial charge in [-0.25, -0.2) is 4.79 Å². The summed E-state index contributed by atoms with van der Waals surface area (Å²) in [6, 6.07) is 16.8. The van der Waals surface area contributed by atoms with E-state index in [1.165, 1.54) is 11.1 Å². The van der Waals surface area contributed by atoms with Gasteiger partial charge in [-0.2, -0.15) is 0 Å². The minimum absolute atomic E-state index is 0.168. The number of hydrogen-bond donors (Lipinski definition) is 2. The lowest BCUT2D eigenvalue weighted by atomic mass is 9.92. The Kier molecular flexibility index (Phi) is 9.50. The van der Waals surface area contributed by atoms with Crippen molar-refractivity contribution < 1.29 is 23.8 Å². The van der Waals surface area contributed by atoms with Gasteiger partial charge >= 0.3 is 5.97 Å². The van der Waals surface area contributed by atoms with E-state index in [9.17, 15) is 9.59 Å². The fourth-order valence-corrected chi connectivity index (χ4v) is 4.78. The molecule has 4 rings (SSSR count). The van der Waals surface area contributed by atoms with E-state index in [1.807, 2.05) is 56.3 Å². The lowest BCUT2D eigenvalue weighted by Crippen LogP contribution is -2.57. The molecule has 194 valence electrons. The number of carbonyl (C=O) groups excluding carboxylic acids is 2. The van der Waals surface area contributed by atoms with Gasteiger partial charge in [0.05, 0.1) is 0 Å². The zero-order valence-electron chi connectivity index (χ0n) is 21.3. The van der Waals surface area contributed by atoms with Gasteiger partial charge in [0.15, 0.2) is 12.4 Å². The van der Waals surface area contributed by atoms with Gasteiger partial charge in [-0.3, -0.25) is 4.79 Å². The van der Waals surface area contributed by atoms with Gasteiger partial charge in [0.1, 0.15) is 12.6 Å². The molecule has 1 unspecified atom stereocenters. The molecule has 1 fully saturated rings. The van der Waals surface area contributed by atoms with E-state index in [2.05, 4.69) is 22.8 Å². The molecule has 2 aromatic rings. The van der Waals surface area contributed by atoms with Crippen molar-refractivity contribution in [2.45, 2.75) is 83.6 Å². The Morgan fingerprint density at radius 3 is 2.53 bits per heavy atom. The van der Waals surface area contributed by atoms with Crippen molar-refractivity contribution in [1.29, 1.82) is 0 Å². The van der Waals surface area contributed by atoms with Crippen LogP contribution in [0.3, 0.4) is 0 Å². The number of ether oxygens (including phenoxy) is 3. The summed E-state index contributed by atoms with van der Waals surface area (Å²) in [5.41, 5.74) is 3.33. The van der Waals surface area contributed by atoms with E-state index in [0.29, 0.717) is 26.0 Å². The normalized spacial score (nSPS) is 21.3. The molecule has 1 saturated heterocycles. The molecule has 7 heteroatoms. The third kappa shape index (κ3) is 7.38. The molecule has 2 aliphatic rings. The molecule has 7 nitrogen and oxygen atoms in total. The van der Waals surface area contributed by atoms with E-state index < -0.39 is 24.4 Å². The van der Waals surface area contributed by atoms with Crippen LogP contribution in [0.4, 0.5) is 0 Å². The summed E-state index contributed by atoms with van der Waals surface area (Å²) in [7, 11) is 0. The average Bonchev–Trinajstić information content (AvgIpc) is 2.90. The number of rotatable bonds is 10. The molecule has 0 spiro atoms. The van der Waals surface area contributed by atoms with E-state index in [0.717, 1.165) is 24.8 Å². The molecule has 2 N–H and O–H groups in total. The SMILES string of the molecule is CC(C)C[C@H](NC(=O)[C@@H](OC1CCCCO1)[C@H]1Cc2ccccc2CN1)C(=O)OCc1ccccc1. The van der Waals surface area contributed by atoms with Crippen molar-refractivity contribution in [2.75, 3.05) is 6.61 Å². The fourth-order valence-electron chi connectivity index (χ4n) is 4.78. The van der Waals surface area contributed by atoms with Crippen LogP contribution < -0.4 is 10.6 Å². The monoisotopic (exact) mass is 494 g/mol. The largest absolute Gasteiger partial charge is 0.459 e. The highest BCUT2D eigenvalue weighted by Crippen LogP contribution is 2.23. The molecule has 2 aliphatic heterocycles. The van der Waals surface area contributed by atoms with Gasteiger partial charge in [0.25, 0.3) is 5.91 Å². The summed E-state index contributed by atoms with van der Waals surface area (Å²) in [4.78, 5) is 26.7. The molecule has 0 saturated carbocycles. The standard InChI is InChI=1S/C29H38N2O5/c1-20(2)16-25(29(33)35-19-21-10-4-3-5-11-21)31-28(32)27(36-26-14-8-9-15-34-26)24-17-22-12-6-7-13-23(22)18-30-24/h3-7,10-13,20,24-27,30H,8-9,14-19H2,1-2H3,(H,31,32)/t24-,25+,26?,27+/m1/s1. The minimum atomic E-state index is -0.793. The highest BCUT2D eigenvalue weighted by atomic mass is 16.7. The Hall–Kier alpha value is -2.74. The van der Waals surface area contributed by atoms with Crippen molar-refractivity contribution in [3.8, 4) is 0 Å². The first-order chi connectivity index (χ1) is 17.5. The first-order valence-corrected chi connectivity index (χ1v) is 13.1. The molecule has 36 heavy (non-hydrogen) atoms. The summed E-state index contributed by atoms with van der Waals surface area (Å²) in [6.07, 6.45) is 2.67. The Labute approximate surface area is 213 Å². The van der Waals surface area contributed by atoms with Gasteiger partial charge in [0, 0.05) is 19.2 Å². The smallest absolute Gasteiger partial charge is 0.328 e. The van der Waals surface area contributed by atoms with Crippen molar-refractivity contribution in [3.05, 3.63) is 71.3 Å². The lowest BCUT2D eigenvalue weighted by Gasteiger charge is -2.35. The zero-order chi connectivity index (χ0) is 25.3. The molecule has 0 aromatic heterocycles. The second-order valence-corrected chi connectivity index (χ2v) is 10.1. The molecule has 0 radical (unpaired) electrons. The second kappa shape index (κ2) is 13.0. The maximum Gasteiger partial charge on any atom is 0.328 e. The first kappa shape index (κ1) is 26.3. The first-order valence-electron chi connectivity index (χ1n) is 13.1. The van der Waals surface area contributed by atoms with E-state index in [-0.39, 0.29) is 24.5 Å². The quantitative estimate of drug-likeness (QED) is 0.488. The highest BCUT2D eigenvalue weighted by Gasteiger charge is 2.37. The summed E-state index contributed by atoms with van der Waals surface area (Å²) in [5, 5.41) is 6.44. The van der Waals surface area contributed by atoms with E-state index in [1.54, 1.807) is 0 Å². The number of fused-ring (bicyclic) bond motifs is 1. The van der Waals surface area contributed by atoms with Crippen molar-refractivity contribution in [2.24, 2.45) is 5.92 Å². The molecule has 1 amide bonds. The molecule has 4 atom stereocenters. The zero-order valence-corrected chi connectivity index (χ0v) is 21.3. The van der Waals surface area contributed by atoms with Gasteiger partial charge in [-0.05, 0) is 54.7 Å². The van der Waals surface area contributed by atoms with Crippen LogP contribution >= 0.6 is 0 Å². The number of amides is 1. The summed E-state index contributed by atoms with van der Waals surface area (Å²) in [6.45, 7) is 5.50. The van der Waals surface area contributed by atoms with Crippen LogP contribution in [0.5, 0.6) is 0 Å². The molecule has 0 bridgehead atoms. The van der Waals surface area contributed by atoms with Gasteiger partial charge in [-0.15, -0.1) is 0 Å². The molecule has 0 aliphatic carbocycles. The van der Waals surface area contributed by atoms with Crippen LogP contribution in [0.1, 0.15) is 56.2 Å². The van der Waals surface area contributed by atoms with Crippen molar-refractivity contribution in [3.63, 3.8) is 0 Å². The number of carbonyl (C=O) groups is 2. The molecule has 2 heterocycles. The number of benzene rings is 2. The Balaban J connectivity index is 1.46. The number of esters is 1. The maximum absolute atomic E-state index is 13.7. The number of nitrogens with one attached hydrogen (secondary N) is 2. The summed E-state index contributed by atoms with van der Waals surface area (Å²) >= 11 is 0. The predicted octanol–water partition coefficient (Wildman–Crippen LogP) is 3.89. The lowest BCUT2D eigenvalue weighted by molar-refractivity contribution is -0.198. The van der Waals surface area contributed by atoms with E-state index >= 15 is 0 Å². The second-order valence-electron chi connectivity index (χ2n) is 10.1. The van der Waals surface area contributed by atoms with Crippen LogP contribution in [-0.4, -0.2) is 43.0 Å². The average molecular weight is 495 g/mol. The van der Waals surface area contributed by atoms with Crippen molar-refractivity contribution in [1.82, 2.24) is 10.6 Å². The summed E-state index contributed by atoms with van der Waals surface area (Å²) < 4.78 is 17.7. The predicted molar refractivity (Wildman–Crippen MR) is 137 cm³/mol. The molecular formula is C29H38N2O5. The number of hydrogen-bond acceptors (Lipinski definition) is 6. The Morgan fingerprint density at radius 1 is 1.06 bits per heavy atom. The molecular weight excluding hydrogens is 456 g/mol. The van der Waals surface area contributed by atoms with Gasteiger partial charge in [-0.1, -0.05) is 68.4 Å².